The standard InChI is InChI=1S/C26H18N6O/c1-26(2)17-9-3-5-11-19(17)32(20-12-6-4-10-18(20)26)21-13-7-8-14-22(21)33-25-30-23(15-27)29-24(16-28)31-25/h3-14H,1-2H3. The van der Waals surface area contributed by atoms with Gasteiger partial charge in [-0.15, -0.1) is 0 Å². The van der Waals surface area contributed by atoms with Crippen molar-refractivity contribution in [3.8, 4) is 23.9 Å². The number of nitriles is 2. The second kappa shape index (κ2) is 7.74. The van der Waals surface area contributed by atoms with Crippen molar-refractivity contribution in [3.05, 3.63) is 95.6 Å². The predicted molar refractivity (Wildman–Crippen MR) is 123 cm³/mol. The molecule has 0 N–H and O–H groups in total. The number of ether oxygens (including phenoxy) is 1. The third-order valence-electron chi connectivity index (χ3n) is 5.76. The highest BCUT2D eigenvalue weighted by molar-refractivity contribution is 5.87. The van der Waals surface area contributed by atoms with E-state index in [0.29, 0.717) is 5.75 Å². The summed E-state index contributed by atoms with van der Waals surface area (Å²) in [6.45, 7) is 4.45. The second-order valence-corrected chi connectivity index (χ2v) is 8.05. The van der Waals surface area contributed by atoms with Gasteiger partial charge in [0.25, 0.3) is 0 Å². The Hall–Kier alpha value is -4.75. The lowest BCUT2D eigenvalue weighted by Gasteiger charge is -2.42. The van der Waals surface area contributed by atoms with Gasteiger partial charge in [-0.25, -0.2) is 0 Å². The third-order valence-corrected chi connectivity index (χ3v) is 5.76. The van der Waals surface area contributed by atoms with Gasteiger partial charge in [0.1, 0.15) is 12.1 Å². The zero-order valence-corrected chi connectivity index (χ0v) is 18.0. The Balaban J connectivity index is 1.69. The van der Waals surface area contributed by atoms with Gasteiger partial charge in [-0.05, 0) is 35.4 Å². The van der Waals surface area contributed by atoms with Crippen LogP contribution >= 0.6 is 0 Å². The Morgan fingerprint density at radius 3 is 1.73 bits per heavy atom. The van der Waals surface area contributed by atoms with Crippen molar-refractivity contribution in [2.75, 3.05) is 4.90 Å². The Morgan fingerprint density at radius 1 is 0.697 bits per heavy atom. The molecule has 5 rings (SSSR count). The highest BCUT2D eigenvalue weighted by Crippen LogP contribution is 2.53. The van der Waals surface area contributed by atoms with E-state index >= 15 is 0 Å². The molecule has 1 aliphatic rings. The first-order chi connectivity index (χ1) is 16.0. The van der Waals surface area contributed by atoms with Gasteiger partial charge in [-0.1, -0.05) is 62.4 Å². The highest BCUT2D eigenvalue weighted by atomic mass is 16.5. The predicted octanol–water partition coefficient (Wildman–Crippen LogP) is 5.52. The molecule has 0 amide bonds. The third kappa shape index (κ3) is 3.33. The maximum absolute atomic E-state index is 9.20. The number of rotatable bonds is 3. The summed E-state index contributed by atoms with van der Waals surface area (Å²) in [6, 6.07) is 27.7. The molecule has 0 aliphatic carbocycles. The largest absolute Gasteiger partial charge is 0.422 e. The first-order valence-corrected chi connectivity index (χ1v) is 10.3. The molecule has 0 spiro atoms. The van der Waals surface area contributed by atoms with E-state index in [1.54, 1.807) is 0 Å². The fourth-order valence-corrected chi connectivity index (χ4v) is 4.26. The molecule has 0 radical (unpaired) electrons. The van der Waals surface area contributed by atoms with Crippen LogP contribution in [0.2, 0.25) is 0 Å². The second-order valence-electron chi connectivity index (χ2n) is 8.05. The van der Waals surface area contributed by atoms with E-state index in [4.69, 9.17) is 4.74 Å². The molecule has 1 aromatic heterocycles. The van der Waals surface area contributed by atoms with Crippen LogP contribution in [0, 0.1) is 22.7 Å². The van der Waals surface area contributed by atoms with E-state index in [9.17, 15) is 10.5 Å². The molecule has 2 heterocycles. The number of para-hydroxylation sites is 4. The zero-order valence-electron chi connectivity index (χ0n) is 18.0. The van der Waals surface area contributed by atoms with Crippen LogP contribution in [0.5, 0.6) is 11.8 Å². The van der Waals surface area contributed by atoms with Crippen molar-refractivity contribution < 1.29 is 4.74 Å². The summed E-state index contributed by atoms with van der Waals surface area (Å²) < 4.78 is 6.02. The number of anilines is 3. The monoisotopic (exact) mass is 430 g/mol. The molecule has 1 aliphatic heterocycles. The van der Waals surface area contributed by atoms with Crippen molar-refractivity contribution in [2.45, 2.75) is 19.3 Å². The number of hydrogen-bond acceptors (Lipinski definition) is 7. The summed E-state index contributed by atoms with van der Waals surface area (Å²) in [4.78, 5) is 14.0. The molecule has 0 atom stereocenters. The molecular weight excluding hydrogens is 412 g/mol. The minimum Gasteiger partial charge on any atom is -0.422 e. The van der Waals surface area contributed by atoms with Crippen LogP contribution in [0.1, 0.15) is 36.6 Å². The number of aromatic nitrogens is 3. The Bertz CT molecular complexity index is 1380. The highest BCUT2D eigenvalue weighted by Gasteiger charge is 2.37. The summed E-state index contributed by atoms with van der Waals surface area (Å²) in [7, 11) is 0. The lowest BCUT2D eigenvalue weighted by Crippen LogP contribution is -2.30. The minimum absolute atomic E-state index is 0.107. The Kier molecular flexibility index (Phi) is 4.73. The summed E-state index contributed by atoms with van der Waals surface area (Å²) in [6.07, 6.45) is 0. The molecule has 0 bridgehead atoms. The van der Waals surface area contributed by atoms with Gasteiger partial charge in [0.2, 0.25) is 11.6 Å². The van der Waals surface area contributed by atoms with Crippen LogP contribution in [0.25, 0.3) is 0 Å². The molecule has 0 saturated carbocycles. The van der Waals surface area contributed by atoms with Gasteiger partial charge >= 0.3 is 6.01 Å². The zero-order chi connectivity index (χ0) is 23.0. The van der Waals surface area contributed by atoms with Crippen molar-refractivity contribution in [3.63, 3.8) is 0 Å². The van der Waals surface area contributed by atoms with E-state index in [1.807, 2.05) is 60.7 Å². The SMILES string of the molecule is CC1(C)c2ccccc2N(c2ccccc2Oc2nc(C#N)nc(C#N)n2)c2ccccc21. The van der Waals surface area contributed by atoms with E-state index in [1.165, 1.54) is 11.1 Å². The Labute approximate surface area is 191 Å². The molecule has 158 valence electrons. The van der Waals surface area contributed by atoms with Crippen LogP contribution in [-0.2, 0) is 5.41 Å². The molecule has 7 heteroatoms. The summed E-state index contributed by atoms with van der Waals surface area (Å²) in [5, 5.41) is 18.4. The van der Waals surface area contributed by atoms with Crippen molar-refractivity contribution >= 4 is 17.1 Å². The van der Waals surface area contributed by atoms with E-state index in [2.05, 4.69) is 58.0 Å². The van der Waals surface area contributed by atoms with Gasteiger partial charge < -0.3 is 9.64 Å². The average molecular weight is 430 g/mol. The molecule has 0 saturated heterocycles. The van der Waals surface area contributed by atoms with E-state index in [0.717, 1.165) is 17.1 Å². The van der Waals surface area contributed by atoms with Crippen LogP contribution < -0.4 is 9.64 Å². The van der Waals surface area contributed by atoms with Crippen LogP contribution in [0.3, 0.4) is 0 Å². The maximum atomic E-state index is 9.20. The van der Waals surface area contributed by atoms with Crippen molar-refractivity contribution in [1.29, 1.82) is 10.5 Å². The van der Waals surface area contributed by atoms with E-state index in [-0.39, 0.29) is 23.1 Å². The van der Waals surface area contributed by atoms with Gasteiger partial charge in [0.05, 0.1) is 17.1 Å². The van der Waals surface area contributed by atoms with E-state index < -0.39 is 0 Å². The van der Waals surface area contributed by atoms with Gasteiger partial charge in [-0.3, -0.25) is 0 Å². The molecule has 7 nitrogen and oxygen atoms in total. The van der Waals surface area contributed by atoms with Crippen LogP contribution in [0.4, 0.5) is 17.1 Å². The lowest BCUT2D eigenvalue weighted by atomic mass is 9.73. The fraction of sp³-hybridized carbons (Fsp3) is 0.115. The summed E-state index contributed by atoms with van der Waals surface area (Å²) >= 11 is 0. The Morgan fingerprint density at radius 2 is 1.18 bits per heavy atom. The first kappa shape index (κ1) is 20.2. The molecule has 3 aromatic carbocycles. The number of benzene rings is 3. The van der Waals surface area contributed by atoms with Gasteiger partial charge in [0, 0.05) is 5.41 Å². The van der Waals surface area contributed by atoms with Gasteiger partial charge in [-0.2, -0.15) is 25.5 Å². The van der Waals surface area contributed by atoms with Crippen molar-refractivity contribution in [1.82, 2.24) is 15.0 Å². The average Bonchev–Trinajstić information content (AvgIpc) is 2.85. The van der Waals surface area contributed by atoms with Crippen molar-refractivity contribution in [2.24, 2.45) is 0 Å². The normalized spacial score (nSPS) is 13.3. The quantitative estimate of drug-likeness (QED) is 0.422. The molecular formula is C26H18N6O. The summed E-state index contributed by atoms with van der Waals surface area (Å²) in [5.74, 6) is 0.134. The minimum atomic E-state index is -0.183. The molecule has 33 heavy (non-hydrogen) atoms. The maximum Gasteiger partial charge on any atom is 0.327 e. The fourth-order valence-electron chi connectivity index (χ4n) is 4.26. The number of nitrogens with zero attached hydrogens (tertiary/aromatic N) is 6. The number of fused-ring (bicyclic) bond motifs is 2. The molecule has 4 aromatic rings. The lowest BCUT2D eigenvalue weighted by molar-refractivity contribution is 0.438. The summed E-state index contributed by atoms with van der Waals surface area (Å²) in [5.41, 5.74) is 5.07. The topological polar surface area (TPSA) is 98.7 Å². The van der Waals surface area contributed by atoms with Gasteiger partial charge in [0.15, 0.2) is 5.75 Å². The first-order valence-electron chi connectivity index (χ1n) is 10.3. The molecule has 0 fully saturated rings. The smallest absolute Gasteiger partial charge is 0.327 e. The molecule has 0 unspecified atom stereocenters. The number of hydrogen-bond donors (Lipinski definition) is 0. The van der Waals surface area contributed by atoms with Crippen LogP contribution in [0.15, 0.2) is 72.8 Å². The van der Waals surface area contributed by atoms with Crippen LogP contribution in [-0.4, -0.2) is 15.0 Å².